The van der Waals surface area contributed by atoms with Crippen molar-refractivity contribution in [1.29, 1.82) is 0 Å². The molecule has 8 heteroatoms. The van der Waals surface area contributed by atoms with Gasteiger partial charge in [0, 0.05) is 19.1 Å². The van der Waals surface area contributed by atoms with Gasteiger partial charge in [-0.2, -0.15) is 0 Å². The van der Waals surface area contributed by atoms with Crippen LogP contribution < -0.4 is 5.32 Å². The molecule has 8 nitrogen and oxygen atoms in total. The summed E-state index contributed by atoms with van der Waals surface area (Å²) in [6, 6.07) is -0.196. The lowest BCUT2D eigenvalue weighted by molar-refractivity contribution is -0.153. The summed E-state index contributed by atoms with van der Waals surface area (Å²) in [6.45, 7) is 10.3. The molecule has 0 radical (unpaired) electrons. The standard InChI is InChI=1S/C19H32N2O6/c1-12(2)10-26-17(24)21-9-13-7-14(20-16(23)27-18(3,4)5)8-19(13,11-21)15(22)25-6/h12-14H,7-11H2,1-6H3,(H,20,23). The first-order valence-electron chi connectivity index (χ1n) is 9.46. The van der Waals surface area contributed by atoms with E-state index >= 15 is 0 Å². The van der Waals surface area contributed by atoms with Crippen molar-refractivity contribution in [2.24, 2.45) is 17.3 Å². The summed E-state index contributed by atoms with van der Waals surface area (Å²) >= 11 is 0. The van der Waals surface area contributed by atoms with Crippen molar-refractivity contribution in [3.8, 4) is 0 Å². The number of hydrogen-bond donors (Lipinski definition) is 1. The molecule has 154 valence electrons. The molecular formula is C19H32N2O6. The van der Waals surface area contributed by atoms with E-state index in [9.17, 15) is 14.4 Å². The summed E-state index contributed by atoms with van der Waals surface area (Å²) in [5.41, 5.74) is -1.40. The van der Waals surface area contributed by atoms with Crippen LogP contribution in [0, 0.1) is 17.3 Å². The van der Waals surface area contributed by atoms with Crippen molar-refractivity contribution in [2.75, 3.05) is 26.8 Å². The molecule has 1 N–H and O–H groups in total. The molecule has 0 bridgehead atoms. The van der Waals surface area contributed by atoms with Crippen molar-refractivity contribution >= 4 is 18.2 Å². The number of carbonyl (C=O) groups excluding carboxylic acids is 3. The maximum Gasteiger partial charge on any atom is 0.409 e. The van der Waals surface area contributed by atoms with Gasteiger partial charge in [-0.05, 0) is 45.4 Å². The fourth-order valence-electron chi connectivity index (χ4n) is 3.94. The largest absolute Gasteiger partial charge is 0.469 e. The Morgan fingerprint density at radius 2 is 1.93 bits per heavy atom. The topological polar surface area (TPSA) is 94.2 Å². The van der Waals surface area contributed by atoms with Crippen LogP contribution in [-0.4, -0.2) is 61.5 Å². The second-order valence-electron chi connectivity index (χ2n) is 8.98. The summed E-state index contributed by atoms with van der Waals surface area (Å²) in [7, 11) is 1.35. The fourth-order valence-corrected chi connectivity index (χ4v) is 3.94. The van der Waals surface area contributed by atoms with Gasteiger partial charge < -0.3 is 24.4 Å². The molecule has 27 heavy (non-hydrogen) atoms. The molecule has 1 saturated heterocycles. The molecule has 2 aliphatic rings. The van der Waals surface area contributed by atoms with Crippen LogP contribution in [0.1, 0.15) is 47.5 Å². The third-order valence-corrected chi connectivity index (χ3v) is 4.99. The zero-order valence-electron chi connectivity index (χ0n) is 17.2. The van der Waals surface area contributed by atoms with E-state index in [-0.39, 0.29) is 30.4 Å². The highest BCUT2D eigenvalue weighted by molar-refractivity contribution is 5.81. The second-order valence-corrected chi connectivity index (χ2v) is 8.98. The number of alkyl carbamates (subject to hydrolysis) is 1. The Kier molecular flexibility index (Phi) is 6.27. The predicted octanol–water partition coefficient (Wildman–Crippen LogP) is 2.56. The van der Waals surface area contributed by atoms with E-state index in [0.717, 1.165) is 0 Å². The highest BCUT2D eigenvalue weighted by Gasteiger charge is 2.59. The van der Waals surface area contributed by atoms with E-state index in [4.69, 9.17) is 14.2 Å². The minimum absolute atomic E-state index is 0.0866. The quantitative estimate of drug-likeness (QED) is 0.591. The summed E-state index contributed by atoms with van der Waals surface area (Å²) in [6.07, 6.45) is 0.0959. The lowest BCUT2D eigenvalue weighted by atomic mass is 9.81. The summed E-state index contributed by atoms with van der Waals surface area (Å²) in [4.78, 5) is 38.5. The van der Waals surface area contributed by atoms with Crippen molar-refractivity contribution in [1.82, 2.24) is 10.2 Å². The minimum Gasteiger partial charge on any atom is -0.469 e. The number of nitrogens with zero attached hydrogens (tertiary/aromatic N) is 1. The fraction of sp³-hybridized carbons (Fsp3) is 0.842. The van der Waals surface area contributed by atoms with Crippen molar-refractivity contribution in [3.63, 3.8) is 0 Å². The van der Waals surface area contributed by atoms with Crippen LogP contribution in [0.4, 0.5) is 9.59 Å². The Hall–Kier alpha value is -1.99. The number of carbonyl (C=O) groups is 3. The Morgan fingerprint density at radius 1 is 1.26 bits per heavy atom. The van der Waals surface area contributed by atoms with E-state index in [2.05, 4.69) is 5.32 Å². The third kappa shape index (κ3) is 5.05. The molecule has 1 heterocycles. The van der Waals surface area contributed by atoms with Gasteiger partial charge in [-0.15, -0.1) is 0 Å². The first-order chi connectivity index (χ1) is 12.5. The number of nitrogens with one attached hydrogen (secondary N) is 1. The van der Waals surface area contributed by atoms with E-state index in [0.29, 0.717) is 26.0 Å². The average Bonchev–Trinajstić information content (AvgIpc) is 3.04. The van der Waals surface area contributed by atoms with Crippen LogP contribution in [0.25, 0.3) is 0 Å². The first-order valence-corrected chi connectivity index (χ1v) is 9.46. The molecule has 0 aromatic heterocycles. The van der Waals surface area contributed by atoms with E-state index in [1.807, 2.05) is 13.8 Å². The lowest BCUT2D eigenvalue weighted by Crippen LogP contribution is -2.42. The van der Waals surface area contributed by atoms with E-state index in [1.165, 1.54) is 7.11 Å². The predicted molar refractivity (Wildman–Crippen MR) is 98.1 cm³/mol. The average molecular weight is 384 g/mol. The van der Waals surface area contributed by atoms with Crippen molar-refractivity contribution in [3.05, 3.63) is 0 Å². The van der Waals surface area contributed by atoms with Gasteiger partial charge in [0.25, 0.3) is 0 Å². The number of ether oxygens (including phenoxy) is 3. The Balaban J connectivity index is 2.03. The molecule has 0 aromatic carbocycles. The monoisotopic (exact) mass is 384 g/mol. The van der Waals surface area contributed by atoms with Crippen LogP contribution in [0.2, 0.25) is 0 Å². The number of amides is 2. The molecule has 2 amide bonds. The first kappa shape index (κ1) is 21.3. The molecule has 1 aliphatic carbocycles. The van der Waals surface area contributed by atoms with E-state index in [1.54, 1.807) is 25.7 Å². The number of hydrogen-bond acceptors (Lipinski definition) is 6. The molecule has 1 aliphatic heterocycles. The second kappa shape index (κ2) is 7.94. The number of likely N-dealkylation sites (tertiary alicyclic amines) is 1. The molecule has 2 rings (SSSR count). The molecule has 3 atom stereocenters. The van der Waals surface area contributed by atoms with Crippen molar-refractivity contribution in [2.45, 2.75) is 59.1 Å². The van der Waals surface area contributed by atoms with Crippen molar-refractivity contribution < 1.29 is 28.6 Å². The van der Waals surface area contributed by atoms with Crippen LogP contribution in [-0.2, 0) is 19.0 Å². The smallest absolute Gasteiger partial charge is 0.409 e. The molecular weight excluding hydrogens is 352 g/mol. The SMILES string of the molecule is COC(=O)C12CC(NC(=O)OC(C)(C)C)CC1CN(C(=O)OCC(C)C)C2. The molecule has 3 unspecified atom stereocenters. The number of fused-ring (bicyclic) bond motifs is 1. The summed E-state index contributed by atoms with van der Waals surface area (Å²) < 4.78 is 15.6. The zero-order chi connectivity index (χ0) is 20.4. The Bertz CT molecular complexity index is 585. The maximum absolute atomic E-state index is 12.6. The third-order valence-electron chi connectivity index (χ3n) is 4.99. The maximum atomic E-state index is 12.6. The molecule has 0 aromatic rings. The van der Waals surface area contributed by atoms with E-state index < -0.39 is 23.2 Å². The van der Waals surface area contributed by atoms with Gasteiger partial charge in [0.15, 0.2) is 0 Å². The van der Waals surface area contributed by atoms with Gasteiger partial charge in [0.05, 0.1) is 19.1 Å². The summed E-state index contributed by atoms with van der Waals surface area (Å²) in [5.74, 6) is -0.190. The minimum atomic E-state index is -0.814. The highest BCUT2D eigenvalue weighted by Crippen LogP contribution is 2.49. The van der Waals surface area contributed by atoms with Gasteiger partial charge in [-0.25, -0.2) is 9.59 Å². The highest BCUT2D eigenvalue weighted by atomic mass is 16.6. The lowest BCUT2D eigenvalue weighted by Gasteiger charge is -2.26. The van der Waals surface area contributed by atoms with Gasteiger partial charge >= 0.3 is 18.2 Å². The molecule has 1 saturated carbocycles. The van der Waals surface area contributed by atoms with Gasteiger partial charge in [0.1, 0.15) is 5.60 Å². The van der Waals surface area contributed by atoms with Crippen LogP contribution in [0.3, 0.4) is 0 Å². The molecule has 0 spiro atoms. The number of rotatable bonds is 4. The Morgan fingerprint density at radius 3 is 2.48 bits per heavy atom. The van der Waals surface area contributed by atoms with Crippen LogP contribution in [0.15, 0.2) is 0 Å². The number of methoxy groups -OCH3 is 1. The van der Waals surface area contributed by atoms with Gasteiger partial charge in [-0.3, -0.25) is 4.79 Å². The normalized spacial score (nSPS) is 27.3. The molecule has 2 fully saturated rings. The van der Waals surface area contributed by atoms with Crippen LogP contribution >= 0.6 is 0 Å². The number of esters is 1. The van der Waals surface area contributed by atoms with Crippen LogP contribution in [0.5, 0.6) is 0 Å². The zero-order valence-corrected chi connectivity index (χ0v) is 17.2. The summed E-state index contributed by atoms with van der Waals surface area (Å²) in [5, 5.41) is 2.85. The van der Waals surface area contributed by atoms with Gasteiger partial charge in [-0.1, -0.05) is 13.8 Å². The van der Waals surface area contributed by atoms with Gasteiger partial charge in [0.2, 0.25) is 0 Å². The Labute approximate surface area is 160 Å².